The third-order valence-electron chi connectivity index (χ3n) is 6.04. The van der Waals surface area contributed by atoms with E-state index in [-0.39, 0.29) is 5.69 Å². The molecule has 0 radical (unpaired) electrons. The van der Waals surface area contributed by atoms with Crippen LogP contribution in [-0.2, 0) is 15.1 Å². The van der Waals surface area contributed by atoms with Crippen molar-refractivity contribution in [2.24, 2.45) is 0 Å². The number of halogens is 1. The van der Waals surface area contributed by atoms with Gasteiger partial charge in [0.25, 0.3) is 11.6 Å². The molecule has 0 saturated carbocycles. The first-order chi connectivity index (χ1) is 15.7. The molecule has 2 fully saturated rings. The summed E-state index contributed by atoms with van der Waals surface area (Å²) in [7, 11) is 0. The zero-order valence-electron chi connectivity index (χ0n) is 17.9. The summed E-state index contributed by atoms with van der Waals surface area (Å²) in [6.07, 6.45) is 0. The van der Waals surface area contributed by atoms with E-state index >= 15 is 0 Å². The molecular formula is C22H22FN5O5. The Hall–Kier alpha value is -4.02. The van der Waals surface area contributed by atoms with Gasteiger partial charge in [0, 0.05) is 32.2 Å². The number of rotatable bonds is 5. The Morgan fingerprint density at radius 1 is 1.09 bits per heavy atom. The topological polar surface area (TPSA) is 116 Å². The van der Waals surface area contributed by atoms with Gasteiger partial charge in [0.1, 0.15) is 23.6 Å². The highest BCUT2D eigenvalue weighted by Crippen LogP contribution is 2.30. The van der Waals surface area contributed by atoms with Crippen LogP contribution >= 0.6 is 0 Å². The Bertz CT molecular complexity index is 1120. The van der Waals surface area contributed by atoms with Crippen LogP contribution in [0.5, 0.6) is 0 Å². The summed E-state index contributed by atoms with van der Waals surface area (Å²) in [4.78, 5) is 53.4. The summed E-state index contributed by atoms with van der Waals surface area (Å²) >= 11 is 0. The van der Waals surface area contributed by atoms with Crippen LogP contribution in [0.15, 0.2) is 48.5 Å². The van der Waals surface area contributed by atoms with Crippen molar-refractivity contribution in [3.8, 4) is 0 Å². The van der Waals surface area contributed by atoms with Crippen molar-refractivity contribution < 1.29 is 23.7 Å². The first-order valence-electron chi connectivity index (χ1n) is 10.4. The van der Waals surface area contributed by atoms with Gasteiger partial charge in [0.05, 0.1) is 4.92 Å². The highest BCUT2D eigenvalue weighted by Gasteiger charge is 2.49. The standard InChI is InChI=1S/C22H22FN5O5/c1-22(15-6-8-16(23)9-7-15)20(30)27(21(31)24-22)14-19(29)26-12-10-25(11-13-26)17-4-2-3-5-18(17)28(32)33/h2-9H,10-14H2,1H3,(H,24,31)/t22-/m0/s1. The lowest BCUT2D eigenvalue weighted by atomic mass is 9.92. The van der Waals surface area contributed by atoms with Gasteiger partial charge in [0.2, 0.25) is 5.91 Å². The molecule has 0 spiro atoms. The van der Waals surface area contributed by atoms with Crippen molar-refractivity contribution in [2.45, 2.75) is 12.5 Å². The number of imide groups is 1. The fourth-order valence-corrected chi connectivity index (χ4v) is 4.14. The smallest absolute Gasteiger partial charge is 0.325 e. The van der Waals surface area contributed by atoms with E-state index in [1.807, 2.05) is 4.90 Å². The fraction of sp³-hybridized carbons (Fsp3) is 0.318. The van der Waals surface area contributed by atoms with Crippen LogP contribution in [0, 0.1) is 15.9 Å². The van der Waals surface area contributed by atoms with E-state index in [1.54, 1.807) is 18.2 Å². The molecule has 4 rings (SSSR count). The summed E-state index contributed by atoms with van der Waals surface area (Å²) in [6, 6.07) is 11.0. The first kappa shape index (κ1) is 22.2. The number of hydrogen-bond donors (Lipinski definition) is 1. The maximum atomic E-state index is 13.3. The highest BCUT2D eigenvalue weighted by atomic mass is 19.1. The maximum Gasteiger partial charge on any atom is 0.325 e. The van der Waals surface area contributed by atoms with Gasteiger partial charge in [-0.25, -0.2) is 9.18 Å². The lowest BCUT2D eigenvalue weighted by Crippen LogP contribution is -2.52. The number of nitrogens with zero attached hydrogens (tertiary/aromatic N) is 4. The van der Waals surface area contributed by atoms with Gasteiger partial charge in [-0.2, -0.15) is 0 Å². The highest BCUT2D eigenvalue weighted by molar-refractivity contribution is 6.09. The van der Waals surface area contributed by atoms with Crippen LogP contribution in [0.3, 0.4) is 0 Å². The molecule has 11 heteroatoms. The predicted octanol–water partition coefficient (Wildman–Crippen LogP) is 1.85. The third kappa shape index (κ3) is 4.09. The largest absolute Gasteiger partial charge is 0.362 e. The van der Waals surface area contributed by atoms with E-state index < -0.39 is 40.7 Å². The van der Waals surface area contributed by atoms with Crippen molar-refractivity contribution in [2.75, 3.05) is 37.6 Å². The van der Waals surface area contributed by atoms with Crippen molar-refractivity contribution in [1.82, 2.24) is 15.1 Å². The Kier molecular flexibility index (Phi) is 5.71. The van der Waals surface area contributed by atoms with Crippen LogP contribution in [0.2, 0.25) is 0 Å². The van der Waals surface area contributed by atoms with Crippen molar-refractivity contribution in [3.63, 3.8) is 0 Å². The second kappa shape index (κ2) is 8.49. The Morgan fingerprint density at radius 2 is 1.73 bits per heavy atom. The summed E-state index contributed by atoms with van der Waals surface area (Å²) in [5.41, 5.74) is -0.499. The molecule has 33 heavy (non-hydrogen) atoms. The predicted molar refractivity (Wildman–Crippen MR) is 116 cm³/mol. The van der Waals surface area contributed by atoms with Crippen LogP contribution in [-0.4, -0.2) is 65.3 Å². The SMILES string of the molecule is C[C@@]1(c2ccc(F)cc2)NC(=O)N(CC(=O)N2CCN(c3ccccc3[N+](=O)[O-])CC2)C1=O. The average molecular weight is 455 g/mol. The molecule has 0 bridgehead atoms. The molecule has 0 unspecified atom stereocenters. The van der Waals surface area contributed by atoms with Crippen LogP contribution in [0.4, 0.5) is 20.6 Å². The van der Waals surface area contributed by atoms with Gasteiger partial charge in [-0.3, -0.25) is 24.6 Å². The number of carbonyl (C=O) groups excluding carboxylic acids is 3. The number of anilines is 1. The lowest BCUT2D eigenvalue weighted by molar-refractivity contribution is -0.384. The number of carbonyl (C=O) groups is 3. The molecule has 2 heterocycles. The lowest BCUT2D eigenvalue weighted by Gasteiger charge is -2.36. The zero-order chi connectivity index (χ0) is 23.8. The number of nitro benzene ring substituents is 1. The number of hydrogen-bond acceptors (Lipinski definition) is 6. The van der Waals surface area contributed by atoms with E-state index in [4.69, 9.17) is 0 Å². The number of benzene rings is 2. The Balaban J connectivity index is 1.40. The molecule has 10 nitrogen and oxygen atoms in total. The summed E-state index contributed by atoms with van der Waals surface area (Å²) in [5.74, 6) is -1.46. The van der Waals surface area contributed by atoms with E-state index in [0.29, 0.717) is 37.4 Å². The number of amides is 4. The number of piperazine rings is 1. The number of nitro groups is 1. The molecule has 2 aliphatic heterocycles. The fourth-order valence-electron chi connectivity index (χ4n) is 4.14. The summed E-state index contributed by atoms with van der Waals surface area (Å²) in [6.45, 7) is 2.44. The molecule has 2 aromatic carbocycles. The summed E-state index contributed by atoms with van der Waals surface area (Å²) < 4.78 is 13.3. The zero-order valence-corrected chi connectivity index (χ0v) is 17.9. The van der Waals surface area contributed by atoms with E-state index in [1.165, 1.54) is 42.2 Å². The molecule has 1 atom stereocenters. The molecular weight excluding hydrogens is 433 g/mol. The van der Waals surface area contributed by atoms with Crippen molar-refractivity contribution in [1.29, 1.82) is 0 Å². The molecule has 0 aromatic heterocycles. The van der Waals surface area contributed by atoms with E-state index in [9.17, 15) is 28.9 Å². The van der Waals surface area contributed by atoms with E-state index in [0.717, 1.165) is 4.90 Å². The first-order valence-corrected chi connectivity index (χ1v) is 10.4. The molecule has 1 N–H and O–H groups in total. The van der Waals surface area contributed by atoms with Gasteiger partial charge < -0.3 is 15.1 Å². The van der Waals surface area contributed by atoms with Crippen molar-refractivity contribution in [3.05, 3.63) is 70.0 Å². The van der Waals surface area contributed by atoms with E-state index in [2.05, 4.69) is 5.32 Å². The van der Waals surface area contributed by atoms with Gasteiger partial charge >= 0.3 is 6.03 Å². The van der Waals surface area contributed by atoms with Gasteiger partial charge in [-0.05, 0) is 30.7 Å². The summed E-state index contributed by atoms with van der Waals surface area (Å²) in [5, 5.41) is 13.9. The number of para-hydroxylation sites is 2. The van der Waals surface area contributed by atoms with Crippen LogP contribution in [0.25, 0.3) is 0 Å². The molecule has 2 aromatic rings. The van der Waals surface area contributed by atoms with Gasteiger partial charge in [-0.15, -0.1) is 0 Å². The third-order valence-corrected chi connectivity index (χ3v) is 6.04. The minimum atomic E-state index is -1.39. The quantitative estimate of drug-likeness (QED) is 0.418. The molecule has 0 aliphatic carbocycles. The van der Waals surface area contributed by atoms with Crippen LogP contribution in [0.1, 0.15) is 12.5 Å². The monoisotopic (exact) mass is 455 g/mol. The number of nitrogens with one attached hydrogen (secondary N) is 1. The molecule has 2 aliphatic rings. The van der Waals surface area contributed by atoms with Gasteiger partial charge in [0.15, 0.2) is 0 Å². The van der Waals surface area contributed by atoms with Gasteiger partial charge in [-0.1, -0.05) is 24.3 Å². The van der Waals surface area contributed by atoms with Crippen molar-refractivity contribution >= 4 is 29.2 Å². The Labute approximate surface area is 188 Å². The minimum Gasteiger partial charge on any atom is -0.362 e. The molecule has 2 saturated heterocycles. The second-order valence-corrected chi connectivity index (χ2v) is 8.07. The maximum absolute atomic E-state index is 13.3. The minimum absolute atomic E-state index is 0.00306. The molecule has 4 amide bonds. The number of urea groups is 1. The second-order valence-electron chi connectivity index (χ2n) is 8.07. The van der Waals surface area contributed by atoms with Crippen LogP contribution < -0.4 is 10.2 Å². The average Bonchev–Trinajstić information content (AvgIpc) is 3.03. The normalized spacial score (nSPS) is 20.7. The Morgan fingerprint density at radius 3 is 2.36 bits per heavy atom. The molecule has 172 valence electrons.